The van der Waals surface area contributed by atoms with Crippen molar-refractivity contribution < 1.29 is 38.1 Å². The molecule has 0 bridgehead atoms. The molecule has 0 aromatic rings. The quantitative estimate of drug-likeness (QED) is 0.0365. The molecule has 0 aliphatic rings. The molecule has 2 atom stereocenters. The van der Waals surface area contributed by atoms with Crippen LogP contribution in [0.4, 0.5) is 9.59 Å². The van der Waals surface area contributed by atoms with E-state index in [4.69, 9.17) is 18.9 Å². The summed E-state index contributed by atoms with van der Waals surface area (Å²) in [5.74, 6) is -0.498. The molecule has 0 saturated heterocycles. The van der Waals surface area contributed by atoms with Crippen LogP contribution in [0, 0.1) is 0 Å². The lowest BCUT2D eigenvalue weighted by Gasteiger charge is -2.20. The van der Waals surface area contributed by atoms with Crippen LogP contribution >= 0.6 is 0 Å². The van der Waals surface area contributed by atoms with E-state index in [1.807, 2.05) is 14.1 Å². The van der Waals surface area contributed by atoms with Crippen molar-refractivity contribution in [3.05, 3.63) is 0 Å². The lowest BCUT2D eigenvalue weighted by atomic mass is 10.1. The van der Waals surface area contributed by atoms with E-state index in [9.17, 15) is 19.2 Å². The molecule has 0 fully saturated rings. The summed E-state index contributed by atoms with van der Waals surface area (Å²) < 4.78 is 21.9. The molecule has 0 radical (unpaired) electrons. The summed E-state index contributed by atoms with van der Waals surface area (Å²) in [7, 11) is 3.95. The smallest absolute Gasteiger partial charge is 0.407 e. The molecule has 312 valence electrons. The number of nitrogens with zero attached hydrogens (tertiary/aromatic N) is 2. The Morgan fingerprint density at radius 3 is 1.25 bits per heavy atom. The number of unbranched alkanes of at least 4 members (excludes halogenated alkanes) is 8. The number of hydrogen-bond acceptors (Lipinski definition) is 10. The Balaban J connectivity index is 3.88. The third kappa shape index (κ3) is 33.7. The highest BCUT2D eigenvalue weighted by Gasteiger charge is 2.15. The number of rotatable bonds is 36. The predicted octanol–water partition coefficient (Wildman–Crippen LogP) is 8.40. The number of nitrogens with one attached hydrogen (secondary N) is 2. The zero-order valence-corrected chi connectivity index (χ0v) is 34.8. The van der Waals surface area contributed by atoms with Crippen LogP contribution in [-0.4, -0.2) is 113 Å². The van der Waals surface area contributed by atoms with Gasteiger partial charge in [-0.2, -0.15) is 0 Å². The molecule has 0 heterocycles. The van der Waals surface area contributed by atoms with Crippen LogP contribution in [0.3, 0.4) is 0 Å². The van der Waals surface area contributed by atoms with E-state index >= 15 is 0 Å². The van der Waals surface area contributed by atoms with Crippen molar-refractivity contribution in [3.8, 4) is 0 Å². The number of hydrogen-bond donors (Lipinski definition) is 2. The fourth-order valence-corrected chi connectivity index (χ4v) is 5.95. The Bertz CT molecular complexity index is 839. The Morgan fingerprint density at radius 2 is 0.868 bits per heavy atom. The van der Waals surface area contributed by atoms with Crippen molar-refractivity contribution in [2.75, 3.05) is 66.6 Å². The topological polar surface area (TPSA) is 136 Å². The molecule has 2 N–H and O–H groups in total. The van der Waals surface area contributed by atoms with E-state index in [1.165, 1.54) is 51.4 Å². The van der Waals surface area contributed by atoms with Crippen molar-refractivity contribution in [1.82, 2.24) is 20.4 Å². The third-order valence-electron chi connectivity index (χ3n) is 9.21. The average Bonchev–Trinajstić information content (AvgIpc) is 3.12. The molecule has 0 rings (SSSR count). The van der Waals surface area contributed by atoms with Crippen LogP contribution in [-0.2, 0) is 28.5 Å². The van der Waals surface area contributed by atoms with Crippen LogP contribution in [0.1, 0.15) is 163 Å². The van der Waals surface area contributed by atoms with E-state index in [0.29, 0.717) is 51.9 Å². The molecule has 0 aliphatic carbocycles. The molecule has 0 aromatic carbocycles. The number of ether oxygens (including phenoxy) is 4. The molecule has 0 saturated carbocycles. The van der Waals surface area contributed by atoms with E-state index in [-0.39, 0.29) is 37.4 Å². The number of carbonyl (C=O) groups excluding carboxylic acids is 4. The second kappa shape index (κ2) is 36.4. The minimum atomic E-state index is -0.394. The standard InChI is InChI=1S/C41H80N4O8/c1-7-11-13-15-17-24-36(22-9-3)52-40(48)42-28-19-34-50-38(46)26-32-44(5)30-21-31-45(6)33-27-39(47)51-35-20-29-43-41(49)53-37(23-10-4)25-18-16-14-12-8-2/h36-37H,7-35H2,1-6H3,(H,42,48)(H,43,49). The zero-order chi connectivity index (χ0) is 39.4. The first-order valence-electron chi connectivity index (χ1n) is 21.2. The fraction of sp³-hybridized carbons (Fsp3) is 0.902. The average molecular weight is 757 g/mol. The highest BCUT2D eigenvalue weighted by atomic mass is 16.6. The van der Waals surface area contributed by atoms with E-state index < -0.39 is 12.2 Å². The Kier molecular flexibility index (Phi) is 34.6. The summed E-state index contributed by atoms with van der Waals surface area (Å²) in [6.07, 6.45) is 19.2. The first kappa shape index (κ1) is 50.4. The highest BCUT2D eigenvalue weighted by molar-refractivity contribution is 5.70. The third-order valence-corrected chi connectivity index (χ3v) is 9.21. The van der Waals surface area contributed by atoms with Gasteiger partial charge in [-0.1, -0.05) is 91.9 Å². The van der Waals surface area contributed by atoms with Gasteiger partial charge in [-0.25, -0.2) is 9.59 Å². The van der Waals surface area contributed by atoms with Crippen molar-refractivity contribution in [2.45, 2.75) is 175 Å². The molecule has 12 heteroatoms. The molecule has 0 spiro atoms. The number of esters is 2. The van der Waals surface area contributed by atoms with Gasteiger partial charge in [0.2, 0.25) is 0 Å². The normalized spacial score (nSPS) is 12.4. The van der Waals surface area contributed by atoms with Crippen LogP contribution in [0.2, 0.25) is 0 Å². The van der Waals surface area contributed by atoms with Gasteiger partial charge in [0.05, 0.1) is 26.1 Å². The summed E-state index contributed by atoms with van der Waals surface area (Å²) in [5.41, 5.74) is 0. The summed E-state index contributed by atoms with van der Waals surface area (Å²) in [6.45, 7) is 12.8. The second-order valence-corrected chi connectivity index (χ2v) is 14.5. The predicted molar refractivity (Wildman–Crippen MR) is 213 cm³/mol. The van der Waals surface area contributed by atoms with Crippen molar-refractivity contribution >= 4 is 24.1 Å². The Hall–Kier alpha value is -2.60. The van der Waals surface area contributed by atoms with Crippen LogP contribution in [0.25, 0.3) is 0 Å². The van der Waals surface area contributed by atoms with Gasteiger partial charge >= 0.3 is 24.1 Å². The number of amides is 2. The largest absolute Gasteiger partial charge is 0.466 e. The maximum absolute atomic E-state index is 12.2. The first-order chi connectivity index (χ1) is 25.6. The summed E-state index contributed by atoms with van der Waals surface area (Å²) in [4.78, 5) is 52.9. The van der Waals surface area contributed by atoms with E-state index in [2.05, 4.69) is 48.1 Å². The van der Waals surface area contributed by atoms with Gasteiger partial charge in [0.1, 0.15) is 12.2 Å². The maximum atomic E-state index is 12.2. The minimum Gasteiger partial charge on any atom is -0.466 e. The number of alkyl carbamates (subject to hydrolysis) is 2. The monoisotopic (exact) mass is 757 g/mol. The van der Waals surface area contributed by atoms with Crippen molar-refractivity contribution in [3.63, 3.8) is 0 Å². The molecule has 2 amide bonds. The number of carbonyl (C=O) groups is 4. The molecular weight excluding hydrogens is 676 g/mol. The van der Waals surface area contributed by atoms with Gasteiger partial charge in [-0.15, -0.1) is 0 Å². The van der Waals surface area contributed by atoms with E-state index in [1.54, 1.807) is 0 Å². The lowest BCUT2D eigenvalue weighted by Crippen LogP contribution is -2.31. The molecular formula is C41H80N4O8. The molecule has 53 heavy (non-hydrogen) atoms. The SMILES string of the molecule is CCCCCCCC(CCC)OC(=O)NCCCOC(=O)CCN(C)CCCN(C)CCC(=O)OCCCNC(=O)OC(CCC)CCCCCCC. The second-order valence-electron chi connectivity index (χ2n) is 14.5. The zero-order valence-electron chi connectivity index (χ0n) is 34.8. The van der Waals surface area contributed by atoms with Gasteiger partial charge in [-0.05, 0) is 85.0 Å². The van der Waals surface area contributed by atoms with Gasteiger partial charge in [-0.3, -0.25) is 9.59 Å². The van der Waals surface area contributed by atoms with Crippen LogP contribution in [0.15, 0.2) is 0 Å². The Labute approximate surface area is 323 Å². The van der Waals surface area contributed by atoms with E-state index in [0.717, 1.165) is 70.9 Å². The molecule has 2 unspecified atom stereocenters. The molecule has 12 nitrogen and oxygen atoms in total. The minimum absolute atomic E-state index is 0.0381. The van der Waals surface area contributed by atoms with Gasteiger partial charge in [0.15, 0.2) is 0 Å². The molecule has 0 aliphatic heterocycles. The van der Waals surface area contributed by atoms with Crippen molar-refractivity contribution in [1.29, 1.82) is 0 Å². The maximum Gasteiger partial charge on any atom is 0.407 e. The Morgan fingerprint density at radius 1 is 0.472 bits per heavy atom. The van der Waals surface area contributed by atoms with Crippen molar-refractivity contribution in [2.24, 2.45) is 0 Å². The van der Waals surface area contributed by atoms with Crippen LogP contribution in [0.5, 0.6) is 0 Å². The van der Waals surface area contributed by atoms with Gasteiger partial charge < -0.3 is 39.4 Å². The van der Waals surface area contributed by atoms with Gasteiger partial charge in [0, 0.05) is 26.2 Å². The lowest BCUT2D eigenvalue weighted by molar-refractivity contribution is -0.144. The van der Waals surface area contributed by atoms with Gasteiger partial charge in [0.25, 0.3) is 0 Å². The van der Waals surface area contributed by atoms with Crippen LogP contribution < -0.4 is 10.6 Å². The summed E-state index contributed by atoms with van der Waals surface area (Å²) in [6, 6.07) is 0. The highest BCUT2D eigenvalue weighted by Crippen LogP contribution is 2.15. The summed E-state index contributed by atoms with van der Waals surface area (Å²) >= 11 is 0. The fourth-order valence-electron chi connectivity index (χ4n) is 5.95. The molecule has 0 aromatic heterocycles. The first-order valence-corrected chi connectivity index (χ1v) is 21.2. The summed E-state index contributed by atoms with van der Waals surface area (Å²) in [5, 5.41) is 5.56.